The molecule has 0 aliphatic carbocycles. The Balaban J connectivity index is 1.71. The molecule has 0 aliphatic heterocycles. The van der Waals surface area contributed by atoms with Crippen molar-refractivity contribution in [3.05, 3.63) is 46.7 Å². The van der Waals surface area contributed by atoms with Crippen LogP contribution in [0.25, 0.3) is 0 Å². The lowest BCUT2D eigenvalue weighted by Crippen LogP contribution is -2.20. The lowest BCUT2D eigenvalue weighted by Gasteiger charge is -2.11. The van der Waals surface area contributed by atoms with Gasteiger partial charge >= 0.3 is 0 Å². The highest BCUT2D eigenvalue weighted by Crippen LogP contribution is 2.23. The van der Waals surface area contributed by atoms with Crippen molar-refractivity contribution in [3.63, 3.8) is 0 Å². The summed E-state index contributed by atoms with van der Waals surface area (Å²) in [5, 5.41) is 5.67. The molecule has 2 rings (SSSR count). The smallest absolute Gasteiger partial charge is 0.119 e. The van der Waals surface area contributed by atoms with E-state index in [1.165, 1.54) is 9.77 Å². The topological polar surface area (TPSA) is 21.3 Å². The predicted molar refractivity (Wildman–Crippen MR) is 84.5 cm³/mol. The molecule has 0 saturated carbocycles. The maximum Gasteiger partial charge on any atom is 0.119 e. The number of thiophene rings is 1. The number of rotatable bonds is 7. The van der Waals surface area contributed by atoms with Gasteiger partial charge in [-0.25, -0.2) is 0 Å². The zero-order chi connectivity index (χ0) is 13.5. The molecule has 0 fully saturated rings. The summed E-state index contributed by atoms with van der Waals surface area (Å²) in [6.07, 6.45) is 0. The van der Waals surface area contributed by atoms with Gasteiger partial charge in [0.05, 0.1) is 7.11 Å². The average Bonchev–Trinajstić information content (AvgIpc) is 2.98. The molecule has 0 spiro atoms. The highest BCUT2D eigenvalue weighted by Gasteiger charge is 2.04. The summed E-state index contributed by atoms with van der Waals surface area (Å²) in [6.45, 7) is 3.21. The van der Waals surface area contributed by atoms with Crippen LogP contribution in [0, 0.1) is 0 Å². The highest BCUT2D eigenvalue weighted by molar-refractivity contribution is 7.99. The quantitative estimate of drug-likeness (QED) is 0.610. The SMILES string of the molecule is COc1cccc(SCCNC(C)c2cccs2)c1. The fraction of sp³-hybridized carbons (Fsp3) is 0.333. The lowest BCUT2D eigenvalue weighted by molar-refractivity contribution is 0.413. The Labute approximate surface area is 123 Å². The molecule has 0 aliphatic rings. The summed E-state index contributed by atoms with van der Waals surface area (Å²) < 4.78 is 5.22. The summed E-state index contributed by atoms with van der Waals surface area (Å²) in [6, 6.07) is 12.9. The highest BCUT2D eigenvalue weighted by atomic mass is 32.2. The first-order valence-electron chi connectivity index (χ1n) is 6.33. The van der Waals surface area contributed by atoms with Crippen LogP contribution < -0.4 is 10.1 Å². The standard InChI is InChI=1S/C15H19NOS2/c1-12(15-7-4-9-19-15)16-8-10-18-14-6-3-5-13(11-14)17-2/h3-7,9,11-12,16H,8,10H2,1-2H3. The van der Waals surface area contributed by atoms with Crippen LogP contribution in [0.1, 0.15) is 17.8 Å². The third-order valence-corrected chi connectivity index (χ3v) is 4.88. The maximum absolute atomic E-state index is 5.22. The van der Waals surface area contributed by atoms with Gasteiger partial charge in [0.1, 0.15) is 5.75 Å². The fourth-order valence-electron chi connectivity index (χ4n) is 1.77. The maximum atomic E-state index is 5.22. The predicted octanol–water partition coefficient (Wildman–Crippen LogP) is 4.20. The number of hydrogen-bond acceptors (Lipinski definition) is 4. The number of methoxy groups -OCH3 is 1. The van der Waals surface area contributed by atoms with Crippen LogP contribution in [0.5, 0.6) is 5.75 Å². The third kappa shape index (κ3) is 4.56. The van der Waals surface area contributed by atoms with Gasteiger partial charge in [0, 0.05) is 28.1 Å². The zero-order valence-corrected chi connectivity index (χ0v) is 12.9. The second-order valence-corrected chi connectivity index (χ2v) is 6.37. The van der Waals surface area contributed by atoms with Crippen LogP contribution in [0.15, 0.2) is 46.7 Å². The fourth-order valence-corrected chi connectivity index (χ4v) is 3.36. The Bertz CT molecular complexity index is 485. The van der Waals surface area contributed by atoms with E-state index in [2.05, 4.69) is 41.9 Å². The molecule has 19 heavy (non-hydrogen) atoms. The summed E-state index contributed by atoms with van der Waals surface area (Å²) in [5.74, 6) is 1.98. The van der Waals surface area contributed by atoms with Gasteiger partial charge in [0.2, 0.25) is 0 Å². The van der Waals surface area contributed by atoms with Gasteiger partial charge in [-0.3, -0.25) is 0 Å². The van der Waals surface area contributed by atoms with Crippen molar-refractivity contribution in [3.8, 4) is 5.75 Å². The van der Waals surface area contributed by atoms with E-state index < -0.39 is 0 Å². The van der Waals surface area contributed by atoms with Gasteiger partial charge in [-0.15, -0.1) is 23.1 Å². The van der Waals surface area contributed by atoms with Crippen LogP contribution in [-0.4, -0.2) is 19.4 Å². The molecule has 1 aromatic carbocycles. The first-order valence-corrected chi connectivity index (χ1v) is 8.20. The Morgan fingerprint density at radius 3 is 2.95 bits per heavy atom. The summed E-state index contributed by atoms with van der Waals surface area (Å²) in [5.41, 5.74) is 0. The normalized spacial score (nSPS) is 12.3. The molecule has 2 aromatic rings. The van der Waals surface area contributed by atoms with Crippen LogP contribution in [0.2, 0.25) is 0 Å². The van der Waals surface area contributed by atoms with Gasteiger partial charge in [0.15, 0.2) is 0 Å². The van der Waals surface area contributed by atoms with Crippen molar-refractivity contribution < 1.29 is 4.74 Å². The molecular weight excluding hydrogens is 274 g/mol. The summed E-state index contributed by atoms with van der Waals surface area (Å²) >= 11 is 3.65. The van der Waals surface area contributed by atoms with Crippen molar-refractivity contribution in [1.82, 2.24) is 5.32 Å². The Morgan fingerprint density at radius 2 is 2.21 bits per heavy atom. The molecule has 0 radical (unpaired) electrons. The number of hydrogen-bond donors (Lipinski definition) is 1. The molecule has 0 saturated heterocycles. The summed E-state index contributed by atoms with van der Waals surface area (Å²) in [7, 11) is 1.70. The van der Waals surface area contributed by atoms with Gasteiger partial charge in [0.25, 0.3) is 0 Å². The van der Waals surface area contributed by atoms with Gasteiger partial charge in [-0.1, -0.05) is 12.1 Å². The molecular formula is C15H19NOS2. The van der Waals surface area contributed by atoms with E-state index in [4.69, 9.17) is 4.74 Å². The van der Waals surface area contributed by atoms with Crippen LogP contribution in [-0.2, 0) is 0 Å². The Morgan fingerprint density at radius 1 is 1.32 bits per heavy atom. The number of ether oxygens (including phenoxy) is 1. The zero-order valence-electron chi connectivity index (χ0n) is 11.3. The monoisotopic (exact) mass is 293 g/mol. The number of nitrogens with one attached hydrogen (secondary N) is 1. The van der Waals surface area contributed by atoms with Crippen LogP contribution in [0.4, 0.5) is 0 Å². The van der Waals surface area contributed by atoms with E-state index in [-0.39, 0.29) is 0 Å². The minimum Gasteiger partial charge on any atom is -0.497 e. The molecule has 4 heteroatoms. The number of benzene rings is 1. The van der Waals surface area contributed by atoms with E-state index in [1.54, 1.807) is 18.4 Å². The van der Waals surface area contributed by atoms with Crippen LogP contribution >= 0.6 is 23.1 Å². The Kier molecular flexibility index (Phi) is 5.76. The number of thioether (sulfide) groups is 1. The third-order valence-electron chi connectivity index (χ3n) is 2.83. The first-order chi connectivity index (χ1) is 9.29. The molecule has 0 amide bonds. The van der Waals surface area contributed by atoms with E-state index in [1.807, 2.05) is 23.9 Å². The largest absolute Gasteiger partial charge is 0.497 e. The van der Waals surface area contributed by atoms with Crippen molar-refractivity contribution in [2.24, 2.45) is 0 Å². The molecule has 102 valence electrons. The van der Waals surface area contributed by atoms with Crippen molar-refractivity contribution in [1.29, 1.82) is 0 Å². The first kappa shape index (κ1) is 14.4. The van der Waals surface area contributed by atoms with Crippen molar-refractivity contribution in [2.45, 2.75) is 17.9 Å². The van der Waals surface area contributed by atoms with E-state index >= 15 is 0 Å². The van der Waals surface area contributed by atoms with Crippen LogP contribution in [0.3, 0.4) is 0 Å². The average molecular weight is 293 g/mol. The Hall–Kier alpha value is -0.970. The van der Waals surface area contributed by atoms with Crippen molar-refractivity contribution >= 4 is 23.1 Å². The molecule has 1 heterocycles. The molecule has 2 nitrogen and oxygen atoms in total. The van der Waals surface area contributed by atoms with Gasteiger partial charge < -0.3 is 10.1 Å². The summed E-state index contributed by atoms with van der Waals surface area (Å²) in [4.78, 5) is 2.65. The second kappa shape index (κ2) is 7.58. The molecule has 0 bridgehead atoms. The second-order valence-electron chi connectivity index (χ2n) is 4.22. The lowest BCUT2D eigenvalue weighted by atomic mass is 10.3. The van der Waals surface area contributed by atoms with E-state index in [0.717, 1.165) is 18.0 Å². The molecule has 1 unspecified atom stereocenters. The molecule has 1 atom stereocenters. The van der Waals surface area contributed by atoms with E-state index in [0.29, 0.717) is 6.04 Å². The minimum atomic E-state index is 0.436. The van der Waals surface area contributed by atoms with Crippen molar-refractivity contribution in [2.75, 3.05) is 19.4 Å². The van der Waals surface area contributed by atoms with Gasteiger partial charge in [-0.05, 0) is 36.6 Å². The molecule has 1 aromatic heterocycles. The van der Waals surface area contributed by atoms with E-state index in [9.17, 15) is 0 Å². The van der Waals surface area contributed by atoms with Gasteiger partial charge in [-0.2, -0.15) is 0 Å². The molecule has 1 N–H and O–H groups in total. The minimum absolute atomic E-state index is 0.436.